The number of aryl methyl sites for hydroxylation is 1. The van der Waals surface area contributed by atoms with E-state index >= 15 is 0 Å². The third-order valence-corrected chi connectivity index (χ3v) is 3.83. The van der Waals surface area contributed by atoms with Gasteiger partial charge in [-0.05, 0) is 55.9 Å². The summed E-state index contributed by atoms with van der Waals surface area (Å²) in [5.74, 6) is -0.107. The smallest absolute Gasteiger partial charge is 0.123 e. The maximum absolute atomic E-state index is 13.2. The molecule has 17 heavy (non-hydrogen) atoms. The van der Waals surface area contributed by atoms with E-state index in [1.54, 1.807) is 12.1 Å². The van der Waals surface area contributed by atoms with Crippen molar-refractivity contribution >= 4 is 5.69 Å². The molecule has 1 nitrogen and oxygen atoms in total. The summed E-state index contributed by atoms with van der Waals surface area (Å²) in [6.07, 6.45) is 10.5. The summed E-state index contributed by atoms with van der Waals surface area (Å²) in [5, 5.41) is 0. The van der Waals surface area contributed by atoms with Crippen LogP contribution in [0.4, 0.5) is 10.1 Å². The summed E-state index contributed by atoms with van der Waals surface area (Å²) in [6, 6.07) is 5.76. The summed E-state index contributed by atoms with van der Waals surface area (Å²) in [4.78, 5) is 2.45. The van der Waals surface area contributed by atoms with Crippen LogP contribution < -0.4 is 4.90 Å². The minimum Gasteiger partial charge on any atom is -0.365 e. The summed E-state index contributed by atoms with van der Waals surface area (Å²) >= 11 is 0. The molecular formula is C15H18FN. The van der Waals surface area contributed by atoms with Gasteiger partial charge in [0.1, 0.15) is 5.82 Å². The van der Waals surface area contributed by atoms with Crippen molar-refractivity contribution in [1.29, 1.82) is 0 Å². The van der Waals surface area contributed by atoms with Crippen LogP contribution in [0, 0.1) is 5.82 Å². The normalized spacial score (nSPS) is 23.6. The second-order valence-electron chi connectivity index (χ2n) is 5.00. The highest BCUT2D eigenvalue weighted by atomic mass is 19.1. The van der Waals surface area contributed by atoms with Gasteiger partial charge in [0.05, 0.1) is 0 Å². The lowest BCUT2D eigenvalue weighted by atomic mass is 9.95. The first-order valence-corrected chi connectivity index (χ1v) is 6.56. The first kappa shape index (κ1) is 10.8. The molecule has 0 spiro atoms. The Bertz CT molecular complexity index is 439. The molecule has 0 saturated heterocycles. The first-order chi connectivity index (χ1) is 8.34. The molecule has 90 valence electrons. The zero-order chi connectivity index (χ0) is 11.7. The molecule has 1 heterocycles. The molecular weight excluding hydrogens is 213 g/mol. The SMILES string of the molecule is Fc1ccc2c(c1)CCCN2C1C=CCCC1. The topological polar surface area (TPSA) is 3.24 Å². The lowest BCUT2D eigenvalue weighted by Crippen LogP contribution is -2.38. The molecule has 1 atom stereocenters. The van der Waals surface area contributed by atoms with Gasteiger partial charge < -0.3 is 4.90 Å². The maximum Gasteiger partial charge on any atom is 0.123 e. The zero-order valence-corrected chi connectivity index (χ0v) is 10.0. The van der Waals surface area contributed by atoms with Gasteiger partial charge in [0.2, 0.25) is 0 Å². The highest BCUT2D eigenvalue weighted by Crippen LogP contribution is 2.31. The molecule has 0 N–H and O–H groups in total. The van der Waals surface area contributed by atoms with Crippen LogP contribution in [-0.2, 0) is 6.42 Å². The molecule has 0 saturated carbocycles. The van der Waals surface area contributed by atoms with E-state index in [1.807, 2.05) is 6.07 Å². The van der Waals surface area contributed by atoms with Crippen LogP contribution in [0.2, 0.25) is 0 Å². The van der Waals surface area contributed by atoms with Crippen LogP contribution in [0.3, 0.4) is 0 Å². The third-order valence-electron chi connectivity index (χ3n) is 3.83. The number of benzene rings is 1. The molecule has 1 aliphatic heterocycles. The van der Waals surface area contributed by atoms with Crippen molar-refractivity contribution in [3.05, 3.63) is 41.7 Å². The Kier molecular flexibility index (Phi) is 2.87. The molecule has 1 unspecified atom stereocenters. The van der Waals surface area contributed by atoms with Crippen molar-refractivity contribution in [2.24, 2.45) is 0 Å². The summed E-state index contributed by atoms with van der Waals surface area (Å²) < 4.78 is 13.2. The summed E-state index contributed by atoms with van der Waals surface area (Å²) in [5.41, 5.74) is 2.42. The Morgan fingerprint density at radius 2 is 2.18 bits per heavy atom. The molecule has 0 aromatic heterocycles. The van der Waals surface area contributed by atoms with E-state index in [1.165, 1.54) is 30.5 Å². The fourth-order valence-electron chi connectivity index (χ4n) is 2.99. The Morgan fingerprint density at radius 1 is 1.24 bits per heavy atom. The molecule has 0 radical (unpaired) electrons. The number of nitrogens with zero attached hydrogens (tertiary/aromatic N) is 1. The monoisotopic (exact) mass is 231 g/mol. The van der Waals surface area contributed by atoms with Crippen LogP contribution in [0.1, 0.15) is 31.2 Å². The number of rotatable bonds is 1. The van der Waals surface area contributed by atoms with Crippen molar-refractivity contribution in [3.63, 3.8) is 0 Å². The second-order valence-corrected chi connectivity index (χ2v) is 5.00. The van der Waals surface area contributed by atoms with Crippen LogP contribution in [0.15, 0.2) is 30.4 Å². The minimum atomic E-state index is -0.107. The standard InChI is InChI=1S/C15H18FN/c16-13-8-9-15-12(11-13)5-4-10-17(15)14-6-2-1-3-7-14/h2,6,8-9,11,14H,1,3-5,7,10H2. The number of hydrogen-bond acceptors (Lipinski definition) is 1. The quantitative estimate of drug-likeness (QED) is 0.666. The summed E-state index contributed by atoms with van der Waals surface area (Å²) in [6.45, 7) is 1.10. The molecule has 0 amide bonds. The van der Waals surface area contributed by atoms with E-state index in [0.29, 0.717) is 6.04 Å². The fourth-order valence-corrected chi connectivity index (χ4v) is 2.99. The van der Waals surface area contributed by atoms with Crippen molar-refractivity contribution < 1.29 is 4.39 Å². The molecule has 2 heteroatoms. The number of allylic oxidation sites excluding steroid dienone is 1. The Labute approximate surface area is 102 Å². The molecule has 1 aromatic rings. The molecule has 0 fully saturated rings. The first-order valence-electron chi connectivity index (χ1n) is 6.56. The van der Waals surface area contributed by atoms with Gasteiger partial charge in [0.25, 0.3) is 0 Å². The van der Waals surface area contributed by atoms with Crippen LogP contribution in [-0.4, -0.2) is 12.6 Å². The Hall–Kier alpha value is -1.31. The highest BCUT2D eigenvalue weighted by Gasteiger charge is 2.23. The van der Waals surface area contributed by atoms with E-state index in [2.05, 4.69) is 17.1 Å². The zero-order valence-electron chi connectivity index (χ0n) is 10.0. The molecule has 1 aliphatic carbocycles. The molecule has 0 bridgehead atoms. The number of fused-ring (bicyclic) bond motifs is 1. The Balaban J connectivity index is 1.93. The molecule has 3 rings (SSSR count). The number of halogens is 1. The van der Waals surface area contributed by atoms with Crippen molar-refractivity contribution in [1.82, 2.24) is 0 Å². The number of hydrogen-bond donors (Lipinski definition) is 0. The average molecular weight is 231 g/mol. The fraction of sp³-hybridized carbons (Fsp3) is 0.467. The van der Waals surface area contributed by atoms with Crippen molar-refractivity contribution in [3.8, 4) is 0 Å². The van der Waals surface area contributed by atoms with E-state index in [-0.39, 0.29) is 5.82 Å². The van der Waals surface area contributed by atoms with Crippen molar-refractivity contribution in [2.45, 2.75) is 38.1 Å². The maximum atomic E-state index is 13.2. The van der Waals surface area contributed by atoms with Gasteiger partial charge in [-0.1, -0.05) is 12.2 Å². The van der Waals surface area contributed by atoms with Gasteiger partial charge in [0, 0.05) is 18.3 Å². The van der Waals surface area contributed by atoms with E-state index < -0.39 is 0 Å². The van der Waals surface area contributed by atoms with Gasteiger partial charge >= 0.3 is 0 Å². The highest BCUT2D eigenvalue weighted by molar-refractivity contribution is 5.57. The van der Waals surface area contributed by atoms with Crippen molar-refractivity contribution in [2.75, 3.05) is 11.4 Å². The van der Waals surface area contributed by atoms with E-state index in [4.69, 9.17) is 0 Å². The van der Waals surface area contributed by atoms with Gasteiger partial charge in [0.15, 0.2) is 0 Å². The van der Waals surface area contributed by atoms with Crippen LogP contribution in [0.5, 0.6) is 0 Å². The lowest BCUT2D eigenvalue weighted by molar-refractivity contribution is 0.558. The lowest BCUT2D eigenvalue weighted by Gasteiger charge is -2.37. The molecule has 2 aliphatic rings. The van der Waals surface area contributed by atoms with Gasteiger partial charge in [-0.25, -0.2) is 4.39 Å². The third kappa shape index (κ3) is 2.08. The summed E-state index contributed by atoms with van der Waals surface area (Å²) in [7, 11) is 0. The van der Waals surface area contributed by atoms with Gasteiger partial charge in [-0.3, -0.25) is 0 Å². The van der Waals surface area contributed by atoms with Gasteiger partial charge in [-0.2, -0.15) is 0 Å². The number of anilines is 1. The van der Waals surface area contributed by atoms with Crippen LogP contribution >= 0.6 is 0 Å². The second kappa shape index (κ2) is 4.52. The average Bonchev–Trinajstić information content (AvgIpc) is 2.39. The van der Waals surface area contributed by atoms with E-state index in [0.717, 1.165) is 19.4 Å². The van der Waals surface area contributed by atoms with Gasteiger partial charge in [-0.15, -0.1) is 0 Å². The predicted octanol–water partition coefficient (Wildman–Crippen LogP) is 3.69. The molecule has 1 aromatic carbocycles. The van der Waals surface area contributed by atoms with Crippen LogP contribution in [0.25, 0.3) is 0 Å². The van der Waals surface area contributed by atoms with E-state index in [9.17, 15) is 4.39 Å². The Morgan fingerprint density at radius 3 is 3.00 bits per heavy atom. The predicted molar refractivity (Wildman–Crippen MR) is 68.8 cm³/mol. The minimum absolute atomic E-state index is 0.107. The largest absolute Gasteiger partial charge is 0.365 e.